The molecule has 1 heterocycles. The second-order valence-corrected chi connectivity index (χ2v) is 6.69. The number of hydrogen-bond donors (Lipinski definition) is 2. The zero-order chi connectivity index (χ0) is 17.2. The third-order valence-corrected chi connectivity index (χ3v) is 5.09. The quantitative estimate of drug-likeness (QED) is 0.880. The van der Waals surface area contributed by atoms with Crippen molar-refractivity contribution < 1.29 is 14.3 Å². The second kappa shape index (κ2) is 6.76. The van der Waals surface area contributed by atoms with Crippen LogP contribution in [0.5, 0.6) is 17.2 Å². The van der Waals surface area contributed by atoms with Crippen LogP contribution in [0.1, 0.15) is 23.2 Å². The molecule has 3 atom stereocenters. The minimum atomic E-state index is -0.0126. The summed E-state index contributed by atoms with van der Waals surface area (Å²) in [5.74, 6) is 2.56. The molecule has 1 saturated carbocycles. The summed E-state index contributed by atoms with van der Waals surface area (Å²) in [6.45, 7) is 1.02. The van der Waals surface area contributed by atoms with Crippen LogP contribution in [0, 0.1) is 5.92 Å². The summed E-state index contributed by atoms with van der Waals surface area (Å²) in [6.07, 6.45) is 2.21. The normalized spacial score (nSPS) is 24.1. The number of carbonyl (C=O) groups excluding carboxylic acids is 1. The van der Waals surface area contributed by atoms with Gasteiger partial charge in [-0.2, -0.15) is 0 Å². The van der Waals surface area contributed by atoms with Gasteiger partial charge in [0.05, 0.1) is 7.11 Å². The number of rotatable bonds is 5. The Balaban J connectivity index is 1.40. The van der Waals surface area contributed by atoms with Crippen molar-refractivity contribution in [2.45, 2.75) is 24.9 Å². The second-order valence-electron chi connectivity index (χ2n) is 6.69. The molecule has 4 rings (SSSR count). The Hall–Kier alpha value is -2.53. The van der Waals surface area contributed by atoms with Crippen molar-refractivity contribution in [3.63, 3.8) is 0 Å². The van der Waals surface area contributed by atoms with Crippen LogP contribution in [-0.4, -0.2) is 31.6 Å². The third kappa shape index (κ3) is 3.33. The van der Waals surface area contributed by atoms with Crippen LogP contribution in [0.3, 0.4) is 0 Å². The molecular weight excluding hydrogens is 316 g/mol. The van der Waals surface area contributed by atoms with Crippen molar-refractivity contribution in [2.75, 3.05) is 13.7 Å². The molecule has 1 aliphatic carbocycles. The van der Waals surface area contributed by atoms with Gasteiger partial charge in [-0.25, -0.2) is 0 Å². The van der Waals surface area contributed by atoms with E-state index in [-0.39, 0.29) is 5.91 Å². The molecular formula is C20H22N2O3. The maximum absolute atomic E-state index is 12.5. The molecule has 1 saturated heterocycles. The summed E-state index contributed by atoms with van der Waals surface area (Å²) in [6, 6.07) is 15.6. The zero-order valence-electron chi connectivity index (χ0n) is 14.2. The predicted molar refractivity (Wildman–Crippen MR) is 95.3 cm³/mol. The zero-order valence-corrected chi connectivity index (χ0v) is 14.2. The molecule has 0 aromatic heterocycles. The first-order chi connectivity index (χ1) is 12.2. The largest absolute Gasteiger partial charge is 0.493 e. The molecule has 0 radical (unpaired) electrons. The molecule has 0 spiro atoms. The Bertz CT molecular complexity index is 760. The Morgan fingerprint density at radius 2 is 1.84 bits per heavy atom. The topological polar surface area (TPSA) is 59.6 Å². The first kappa shape index (κ1) is 16.0. The number of ether oxygens (including phenoxy) is 2. The lowest BCUT2D eigenvalue weighted by atomic mass is 10.0. The average Bonchev–Trinajstić information content (AvgIpc) is 3.26. The van der Waals surface area contributed by atoms with Gasteiger partial charge in [0.15, 0.2) is 11.5 Å². The van der Waals surface area contributed by atoms with E-state index in [4.69, 9.17) is 9.47 Å². The highest BCUT2D eigenvalue weighted by molar-refractivity contribution is 5.94. The summed E-state index contributed by atoms with van der Waals surface area (Å²) >= 11 is 0. The lowest BCUT2D eigenvalue weighted by molar-refractivity contribution is 0.0925. The van der Waals surface area contributed by atoms with Crippen molar-refractivity contribution in [3.05, 3.63) is 54.1 Å². The number of methoxy groups -OCH3 is 1. The number of hydrogen-bond acceptors (Lipinski definition) is 4. The maximum Gasteiger partial charge on any atom is 0.251 e. The van der Waals surface area contributed by atoms with Crippen LogP contribution in [0.4, 0.5) is 0 Å². The highest BCUT2D eigenvalue weighted by Gasteiger charge is 2.40. The van der Waals surface area contributed by atoms with Crippen LogP contribution in [0.25, 0.3) is 0 Å². The van der Waals surface area contributed by atoms with Crippen molar-refractivity contribution >= 4 is 5.91 Å². The number of amides is 1. The molecule has 3 unspecified atom stereocenters. The molecule has 2 N–H and O–H groups in total. The number of para-hydroxylation sites is 2. The van der Waals surface area contributed by atoms with Crippen LogP contribution in [0.2, 0.25) is 0 Å². The van der Waals surface area contributed by atoms with Gasteiger partial charge in [-0.15, -0.1) is 0 Å². The lowest BCUT2D eigenvalue weighted by Crippen LogP contribution is -2.44. The number of nitrogens with one attached hydrogen (secondary N) is 2. The van der Waals surface area contributed by atoms with E-state index in [0.717, 1.165) is 13.0 Å². The highest BCUT2D eigenvalue weighted by atomic mass is 16.5. The fourth-order valence-electron chi connectivity index (χ4n) is 3.77. The monoisotopic (exact) mass is 338 g/mol. The first-order valence-corrected chi connectivity index (χ1v) is 8.68. The Morgan fingerprint density at radius 3 is 2.48 bits per heavy atom. The molecule has 25 heavy (non-hydrogen) atoms. The Labute approximate surface area is 147 Å². The van der Waals surface area contributed by atoms with Crippen LogP contribution in [0.15, 0.2) is 48.5 Å². The van der Waals surface area contributed by atoms with Crippen molar-refractivity contribution in [1.29, 1.82) is 0 Å². The molecule has 5 heteroatoms. The number of carbonyl (C=O) groups is 1. The van der Waals surface area contributed by atoms with E-state index in [1.54, 1.807) is 19.2 Å². The summed E-state index contributed by atoms with van der Waals surface area (Å²) in [7, 11) is 1.61. The van der Waals surface area contributed by atoms with E-state index in [2.05, 4.69) is 10.6 Å². The molecule has 1 aliphatic heterocycles. The third-order valence-electron chi connectivity index (χ3n) is 5.09. The number of fused-ring (bicyclic) bond motifs is 2. The molecule has 2 aromatic carbocycles. The van der Waals surface area contributed by atoms with E-state index in [1.165, 1.54) is 6.42 Å². The Kier molecular flexibility index (Phi) is 4.32. The molecule has 2 fully saturated rings. The molecule has 1 amide bonds. The van der Waals surface area contributed by atoms with Crippen LogP contribution in [-0.2, 0) is 0 Å². The van der Waals surface area contributed by atoms with Gasteiger partial charge in [0, 0.05) is 24.2 Å². The molecule has 5 nitrogen and oxygen atoms in total. The summed E-state index contributed by atoms with van der Waals surface area (Å²) in [5.41, 5.74) is 0.656. The van der Waals surface area contributed by atoms with Gasteiger partial charge in [0.25, 0.3) is 5.91 Å². The van der Waals surface area contributed by atoms with E-state index < -0.39 is 0 Å². The fraction of sp³-hybridized carbons (Fsp3) is 0.350. The standard InChI is InChI=1S/C20H22N2O3/c1-24-18-4-2-3-5-19(18)25-16-8-6-13(7-9-16)20(23)22-17-11-15-10-14(17)12-21-15/h2-9,14-15,17,21H,10-12H2,1H3,(H,22,23). The SMILES string of the molecule is COc1ccccc1Oc1ccc(C(=O)NC2CC3CC2CN3)cc1. The van der Waals surface area contributed by atoms with E-state index in [9.17, 15) is 4.79 Å². The van der Waals surface area contributed by atoms with E-state index in [0.29, 0.717) is 40.8 Å². The van der Waals surface area contributed by atoms with Gasteiger partial charge in [-0.05, 0) is 55.2 Å². The summed E-state index contributed by atoms with van der Waals surface area (Å²) < 4.78 is 11.1. The van der Waals surface area contributed by atoms with Gasteiger partial charge in [-0.1, -0.05) is 12.1 Å². The van der Waals surface area contributed by atoms with Gasteiger partial charge < -0.3 is 20.1 Å². The first-order valence-electron chi connectivity index (χ1n) is 8.68. The maximum atomic E-state index is 12.5. The highest BCUT2D eigenvalue weighted by Crippen LogP contribution is 2.32. The molecule has 2 aromatic rings. The summed E-state index contributed by atoms with van der Waals surface area (Å²) in [5, 5.41) is 6.64. The van der Waals surface area contributed by atoms with Gasteiger partial charge in [0.1, 0.15) is 5.75 Å². The molecule has 2 aliphatic rings. The van der Waals surface area contributed by atoms with Crippen molar-refractivity contribution in [1.82, 2.24) is 10.6 Å². The summed E-state index contributed by atoms with van der Waals surface area (Å²) in [4.78, 5) is 12.5. The number of piperidine rings is 1. The smallest absolute Gasteiger partial charge is 0.251 e. The van der Waals surface area contributed by atoms with Gasteiger partial charge in [0.2, 0.25) is 0 Å². The average molecular weight is 338 g/mol. The fourth-order valence-corrected chi connectivity index (χ4v) is 3.77. The predicted octanol–water partition coefficient (Wildman–Crippen LogP) is 2.97. The number of benzene rings is 2. The van der Waals surface area contributed by atoms with Crippen LogP contribution < -0.4 is 20.1 Å². The minimum Gasteiger partial charge on any atom is -0.493 e. The molecule has 2 bridgehead atoms. The minimum absolute atomic E-state index is 0.0126. The Morgan fingerprint density at radius 1 is 1.08 bits per heavy atom. The van der Waals surface area contributed by atoms with Gasteiger partial charge >= 0.3 is 0 Å². The van der Waals surface area contributed by atoms with Crippen LogP contribution >= 0.6 is 0 Å². The van der Waals surface area contributed by atoms with Gasteiger partial charge in [-0.3, -0.25) is 4.79 Å². The molecule has 130 valence electrons. The van der Waals surface area contributed by atoms with E-state index >= 15 is 0 Å². The lowest BCUT2D eigenvalue weighted by Gasteiger charge is -2.23. The van der Waals surface area contributed by atoms with Crippen molar-refractivity contribution in [3.8, 4) is 17.2 Å². The van der Waals surface area contributed by atoms with E-state index in [1.807, 2.05) is 36.4 Å². The van der Waals surface area contributed by atoms with Crippen molar-refractivity contribution in [2.24, 2.45) is 5.92 Å².